The van der Waals surface area contributed by atoms with E-state index < -0.39 is 6.10 Å². The Labute approximate surface area is 237 Å². The van der Waals surface area contributed by atoms with Crippen molar-refractivity contribution < 1.29 is 28.8 Å². The van der Waals surface area contributed by atoms with Crippen LogP contribution in [0, 0.1) is 0 Å². The molecule has 4 heterocycles. The number of ether oxygens (including phenoxy) is 4. The maximum absolute atomic E-state index is 12.3. The molecule has 1 amide bonds. The molecule has 2 saturated heterocycles. The van der Waals surface area contributed by atoms with Gasteiger partial charge in [-0.1, -0.05) is 35.9 Å². The molecule has 0 bridgehead atoms. The van der Waals surface area contributed by atoms with Crippen LogP contribution >= 0.6 is 11.6 Å². The molecule has 1 aromatic carbocycles. The number of hydrogen-bond donors (Lipinski definition) is 2. The maximum atomic E-state index is 12.3. The molecule has 1 saturated carbocycles. The van der Waals surface area contributed by atoms with Gasteiger partial charge < -0.3 is 33.9 Å². The van der Waals surface area contributed by atoms with E-state index in [1.54, 1.807) is 6.07 Å². The molecule has 10 nitrogen and oxygen atoms in total. The third kappa shape index (κ3) is 6.35. The van der Waals surface area contributed by atoms with Crippen molar-refractivity contribution in [1.29, 1.82) is 0 Å². The number of nitrogens with one attached hydrogen (secondary N) is 1. The number of aromatic nitrogens is 3. The number of aliphatic hydroxyl groups excluding tert-OH is 1. The van der Waals surface area contributed by atoms with Crippen LogP contribution in [0.1, 0.15) is 50.0 Å². The molecule has 0 spiro atoms. The third-order valence-electron chi connectivity index (χ3n) is 7.87. The summed E-state index contributed by atoms with van der Waals surface area (Å²) in [7, 11) is 0. The van der Waals surface area contributed by atoms with E-state index in [4.69, 9.17) is 35.5 Å². The summed E-state index contributed by atoms with van der Waals surface area (Å²) in [5, 5.41) is 10.1. The summed E-state index contributed by atoms with van der Waals surface area (Å²) in [6, 6.07) is 10.5. The number of carbonyl (C=O) groups is 1. The number of benzene rings is 1. The number of fused-ring (bicyclic) bond motifs is 1. The zero-order valence-corrected chi connectivity index (χ0v) is 23.1. The molecular weight excluding hydrogens is 536 g/mol. The maximum Gasteiger partial charge on any atom is 0.410 e. The lowest BCUT2D eigenvalue weighted by molar-refractivity contribution is -0.0882. The summed E-state index contributed by atoms with van der Waals surface area (Å²) in [6.07, 6.45) is 4.80. The van der Waals surface area contributed by atoms with Crippen LogP contribution in [0.3, 0.4) is 0 Å². The Morgan fingerprint density at radius 1 is 0.975 bits per heavy atom. The average Bonchev–Trinajstić information content (AvgIpc) is 3.62. The van der Waals surface area contributed by atoms with Crippen LogP contribution in [-0.4, -0.2) is 88.9 Å². The molecule has 1 aliphatic carbocycles. The average molecular weight is 571 g/mol. The number of pyridine rings is 1. The second-order valence-corrected chi connectivity index (χ2v) is 11.3. The van der Waals surface area contributed by atoms with Crippen molar-refractivity contribution >= 4 is 28.9 Å². The fraction of sp³-hybridized carbons (Fsp3) is 0.552. The van der Waals surface area contributed by atoms with Gasteiger partial charge in [0.05, 0.1) is 42.7 Å². The molecule has 3 aromatic rings. The first-order chi connectivity index (χ1) is 19.5. The van der Waals surface area contributed by atoms with Gasteiger partial charge in [0.2, 0.25) is 0 Å². The molecule has 214 valence electrons. The zero-order valence-electron chi connectivity index (χ0n) is 22.4. The van der Waals surface area contributed by atoms with Crippen LogP contribution in [0.15, 0.2) is 30.3 Å². The highest BCUT2D eigenvalue weighted by atomic mass is 35.5. The number of carbonyl (C=O) groups excluding carboxylic acids is 1. The lowest BCUT2D eigenvalue weighted by Crippen LogP contribution is -2.36. The summed E-state index contributed by atoms with van der Waals surface area (Å²) in [5.74, 6) is 0.442. The minimum Gasteiger partial charge on any atom is -0.457 e. The quantitative estimate of drug-likeness (QED) is 0.453. The number of rotatable bonds is 5. The SMILES string of the molecule is O=C(OC1CCC(c2ccc(-c3nc4nc(OC5COCC(O)COC5)[nH]c4cc3Cl)cc2)CC1)N1CCCC1. The molecule has 3 fully saturated rings. The molecule has 0 atom stereocenters. The predicted octanol–water partition coefficient (Wildman–Crippen LogP) is 4.69. The Kier molecular flexibility index (Phi) is 8.38. The highest BCUT2D eigenvalue weighted by Crippen LogP contribution is 2.36. The van der Waals surface area contributed by atoms with E-state index in [2.05, 4.69) is 34.2 Å². The van der Waals surface area contributed by atoms with E-state index in [0.29, 0.717) is 33.8 Å². The van der Waals surface area contributed by atoms with Gasteiger partial charge in [0.1, 0.15) is 18.3 Å². The second-order valence-electron chi connectivity index (χ2n) is 10.9. The molecule has 6 rings (SSSR count). The largest absolute Gasteiger partial charge is 0.457 e. The lowest BCUT2D eigenvalue weighted by atomic mass is 9.82. The Balaban J connectivity index is 1.07. The van der Waals surface area contributed by atoms with Crippen molar-refractivity contribution in [1.82, 2.24) is 19.9 Å². The van der Waals surface area contributed by atoms with Crippen molar-refractivity contribution in [3.63, 3.8) is 0 Å². The molecule has 40 heavy (non-hydrogen) atoms. The summed E-state index contributed by atoms with van der Waals surface area (Å²) >= 11 is 6.63. The van der Waals surface area contributed by atoms with Gasteiger partial charge in [0.25, 0.3) is 6.01 Å². The number of aromatic amines is 1. The Bertz CT molecular complexity index is 1290. The van der Waals surface area contributed by atoms with E-state index >= 15 is 0 Å². The van der Waals surface area contributed by atoms with Gasteiger partial charge >= 0.3 is 6.09 Å². The van der Waals surface area contributed by atoms with Crippen LogP contribution in [0.5, 0.6) is 6.01 Å². The smallest absolute Gasteiger partial charge is 0.410 e. The van der Waals surface area contributed by atoms with Gasteiger partial charge in [-0.2, -0.15) is 4.98 Å². The highest BCUT2D eigenvalue weighted by molar-refractivity contribution is 6.33. The monoisotopic (exact) mass is 570 g/mol. The molecule has 2 aromatic heterocycles. The molecule has 11 heteroatoms. The molecule has 3 aliphatic rings. The van der Waals surface area contributed by atoms with Crippen LogP contribution in [-0.2, 0) is 14.2 Å². The first-order valence-corrected chi connectivity index (χ1v) is 14.5. The minimum absolute atomic E-state index is 0.0149. The van der Waals surface area contributed by atoms with Gasteiger partial charge in [-0.25, -0.2) is 9.78 Å². The summed E-state index contributed by atoms with van der Waals surface area (Å²) in [5.41, 5.74) is 4.02. The molecular formula is C29H35ClN4O6. The molecule has 2 N–H and O–H groups in total. The van der Waals surface area contributed by atoms with Crippen molar-refractivity contribution in [2.45, 2.75) is 62.8 Å². The van der Waals surface area contributed by atoms with Crippen LogP contribution in [0.2, 0.25) is 5.02 Å². The normalized spacial score (nSPS) is 25.9. The highest BCUT2D eigenvalue weighted by Gasteiger charge is 2.28. The van der Waals surface area contributed by atoms with E-state index in [1.807, 2.05) is 4.90 Å². The zero-order chi connectivity index (χ0) is 27.5. The third-order valence-corrected chi connectivity index (χ3v) is 8.16. The van der Waals surface area contributed by atoms with Crippen molar-refractivity contribution in [2.75, 3.05) is 39.5 Å². The standard InChI is InChI=1S/C29H35ClN4O6/c30-24-13-25-27(33-28(31-25)39-23-16-37-14-21(35)15-38-17-23)32-26(24)20-5-3-18(4-6-20)19-7-9-22(10-8-19)40-29(36)34-11-1-2-12-34/h3-6,13,19,21-23,35H,1-2,7-12,14-17H2,(H,31,32,33). The molecule has 0 radical (unpaired) electrons. The van der Waals surface area contributed by atoms with Crippen LogP contribution in [0.25, 0.3) is 22.4 Å². The van der Waals surface area contributed by atoms with Gasteiger partial charge in [-0.3, -0.25) is 0 Å². The number of halogens is 1. The van der Waals surface area contributed by atoms with Crippen molar-refractivity contribution in [2.24, 2.45) is 0 Å². The van der Waals surface area contributed by atoms with Gasteiger partial charge in [0, 0.05) is 18.7 Å². The fourth-order valence-corrected chi connectivity index (χ4v) is 5.95. The number of amides is 1. The Morgan fingerprint density at radius 3 is 2.38 bits per heavy atom. The second kappa shape index (κ2) is 12.3. The topological polar surface area (TPSA) is 119 Å². The van der Waals surface area contributed by atoms with E-state index in [9.17, 15) is 9.90 Å². The number of H-pyrrole nitrogens is 1. The molecule has 2 aliphatic heterocycles. The van der Waals surface area contributed by atoms with E-state index in [-0.39, 0.29) is 44.7 Å². The van der Waals surface area contributed by atoms with Crippen LogP contribution < -0.4 is 4.74 Å². The van der Waals surface area contributed by atoms with Gasteiger partial charge in [-0.15, -0.1) is 0 Å². The molecule has 0 unspecified atom stereocenters. The number of nitrogens with zero attached hydrogens (tertiary/aromatic N) is 3. The minimum atomic E-state index is -0.628. The van der Waals surface area contributed by atoms with Crippen molar-refractivity contribution in [3.8, 4) is 17.3 Å². The summed E-state index contributed by atoms with van der Waals surface area (Å²) in [4.78, 5) is 26.5. The predicted molar refractivity (Wildman–Crippen MR) is 149 cm³/mol. The fourth-order valence-electron chi connectivity index (χ4n) is 5.69. The Hall–Kier alpha value is -2.92. The Morgan fingerprint density at radius 2 is 1.68 bits per heavy atom. The number of likely N-dealkylation sites (tertiary alicyclic amines) is 1. The van der Waals surface area contributed by atoms with E-state index in [0.717, 1.165) is 57.2 Å². The summed E-state index contributed by atoms with van der Waals surface area (Å²) < 4.78 is 22.7. The van der Waals surface area contributed by atoms with E-state index in [1.165, 1.54) is 5.56 Å². The number of imidazole rings is 1. The first kappa shape index (κ1) is 27.3. The first-order valence-electron chi connectivity index (χ1n) is 14.1. The van der Waals surface area contributed by atoms with Crippen molar-refractivity contribution in [3.05, 3.63) is 40.9 Å². The van der Waals surface area contributed by atoms with Gasteiger partial charge in [-0.05, 0) is 56.1 Å². The number of hydrogen-bond acceptors (Lipinski definition) is 8. The lowest BCUT2D eigenvalue weighted by Gasteiger charge is -2.30. The summed E-state index contributed by atoms with van der Waals surface area (Å²) in [6.45, 7) is 2.61. The number of aliphatic hydroxyl groups is 1. The van der Waals surface area contributed by atoms with Crippen LogP contribution in [0.4, 0.5) is 4.79 Å². The van der Waals surface area contributed by atoms with Gasteiger partial charge in [0.15, 0.2) is 5.65 Å².